The Balaban J connectivity index is 2.33. The highest BCUT2D eigenvalue weighted by Crippen LogP contribution is 2.32. The van der Waals surface area contributed by atoms with Gasteiger partial charge in [0.05, 0.1) is 12.3 Å². The van der Waals surface area contributed by atoms with Gasteiger partial charge in [-0.1, -0.05) is 31.5 Å². The average molecular weight is 295 g/mol. The monoisotopic (exact) mass is 295 g/mol. The first kappa shape index (κ1) is 15.4. The third-order valence-corrected chi connectivity index (χ3v) is 2.96. The molecule has 112 valence electrons. The molecule has 0 aliphatic carbocycles. The van der Waals surface area contributed by atoms with Crippen LogP contribution in [0.5, 0.6) is 5.75 Å². The maximum atomic E-state index is 12.7. The van der Waals surface area contributed by atoms with Gasteiger partial charge in [-0.15, -0.1) is 0 Å². The Kier molecular flexibility index (Phi) is 4.83. The molecule has 0 unspecified atom stereocenters. The number of unbranched alkanes of at least 4 members (excludes halogenated alkanes) is 1. The van der Waals surface area contributed by atoms with Gasteiger partial charge in [-0.2, -0.15) is 13.2 Å². The van der Waals surface area contributed by atoms with Crippen molar-refractivity contribution < 1.29 is 17.9 Å². The van der Waals surface area contributed by atoms with Crippen LogP contribution < -0.4 is 4.74 Å². The molecule has 1 heterocycles. The van der Waals surface area contributed by atoms with Gasteiger partial charge in [-0.3, -0.25) is 0 Å². The molecule has 0 N–H and O–H groups in total. The second-order valence-corrected chi connectivity index (χ2v) is 4.60. The number of hydrogen-bond acceptors (Lipinski definition) is 2. The highest BCUT2D eigenvalue weighted by molar-refractivity contribution is 5.67. The Morgan fingerprint density at radius 1 is 1.05 bits per heavy atom. The Morgan fingerprint density at radius 2 is 1.81 bits per heavy atom. The first-order valence-corrected chi connectivity index (χ1v) is 6.79. The van der Waals surface area contributed by atoms with Crippen LogP contribution in [0.15, 0.2) is 42.5 Å². The topological polar surface area (TPSA) is 22.1 Å². The lowest BCUT2D eigenvalue weighted by atomic mass is 10.1. The SMILES string of the molecule is CCCCOc1ccccc1-c1cccc(C(F)(F)F)n1. The fourth-order valence-electron chi connectivity index (χ4n) is 1.87. The molecule has 1 aromatic heterocycles. The third-order valence-electron chi connectivity index (χ3n) is 2.96. The number of hydrogen-bond donors (Lipinski definition) is 0. The van der Waals surface area contributed by atoms with Gasteiger partial charge in [0.25, 0.3) is 0 Å². The molecular weight excluding hydrogens is 279 g/mol. The Hall–Kier alpha value is -2.04. The normalized spacial score (nSPS) is 11.4. The molecule has 0 amide bonds. The second kappa shape index (κ2) is 6.61. The van der Waals surface area contributed by atoms with E-state index >= 15 is 0 Å². The van der Waals surface area contributed by atoms with Gasteiger partial charge >= 0.3 is 6.18 Å². The van der Waals surface area contributed by atoms with Gasteiger partial charge in [0.15, 0.2) is 0 Å². The van der Waals surface area contributed by atoms with Crippen LogP contribution in [0, 0.1) is 0 Å². The van der Waals surface area contributed by atoms with E-state index in [0.717, 1.165) is 18.9 Å². The van der Waals surface area contributed by atoms with E-state index in [2.05, 4.69) is 4.98 Å². The van der Waals surface area contributed by atoms with Crippen molar-refractivity contribution in [3.05, 3.63) is 48.2 Å². The van der Waals surface area contributed by atoms with Gasteiger partial charge in [0, 0.05) is 5.56 Å². The molecule has 0 saturated carbocycles. The highest BCUT2D eigenvalue weighted by Gasteiger charge is 2.32. The zero-order valence-corrected chi connectivity index (χ0v) is 11.7. The summed E-state index contributed by atoms with van der Waals surface area (Å²) in [6, 6.07) is 10.9. The summed E-state index contributed by atoms with van der Waals surface area (Å²) >= 11 is 0. The standard InChI is InChI=1S/C16H16F3NO/c1-2-3-11-21-14-9-5-4-7-12(14)13-8-6-10-15(20-13)16(17,18)19/h4-10H,2-3,11H2,1H3. The van der Waals surface area contributed by atoms with Gasteiger partial charge in [-0.25, -0.2) is 4.98 Å². The van der Waals surface area contributed by atoms with Crippen molar-refractivity contribution in [2.45, 2.75) is 25.9 Å². The molecule has 2 aromatic rings. The van der Waals surface area contributed by atoms with Crippen LogP contribution >= 0.6 is 0 Å². The highest BCUT2D eigenvalue weighted by atomic mass is 19.4. The van der Waals surface area contributed by atoms with Crippen LogP contribution in [0.1, 0.15) is 25.5 Å². The van der Waals surface area contributed by atoms with Gasteiger partial charge in [0.2, 0.25) is 0 Å². The van der Waals surface area contributed by atoms with Crippen molar-refractivity contribution in [3.8, 4) is 17.0 Å². The molecular formula is C16H16F3NO. The zero-order valence-electron chi connectivity index (χ0n) is 11.7. The number of benzene rings is 1. The van der Waals surface area contributed by atoms with E-state index in [1.165, 1.54) is 6.07 Å². The van der Waals surface area contributed by atoms with E-state index in [1.54, 1.807) is 30.3 Å². The van der Waals surface area contributed by atoms with Crippen LogP contribution in [-0.4, -0.2) is 11.6 Å². The van der Waals surface area contributed by atoms with Crippen LogP contribution in [0.25, 0.3) is 11.3 Å². The summed E-state index contributed by atoms with van der Waals surface area (Å²) in [7, 11) is 0. The van der Waals surface area contributed by atoms with E-state index in [4.69, 9.17) is 4.74 Å². The zero-order chi connectivity index (χ0) is 15.3. The lowest BCUT2D eigenvalue weighted by molar-refractivity contribution is -0.141. The first-order valence-electron chi connectivity index (χ1n) is 6.79. The van der Waals surface area contributed by atoms with Crippen LogP contribution in [0.3, 0.4) is 0 Å². The lowest BCUT2D eigenvalue weighted by Crippen LogP contribution is -2.08. The summed E-state index contributed by atoms with van der Waals surface area (Å²) in [5, 5.41) is 0. The first-order chi connectivity index (χ1) is 10.0. The third kappa shape index (κ3) is 3.97. The van der Waals surface area contributed by atoms with Crippen molar-refractivity contribution in [3.63, 3.8) is 0 Å². The van der Waals surface area contributed by atoms with Gasteiger partial charge in [0.1, 0.15) is 11.4 Å². The fraction of sp³-hybridized carbons (Fsp3) is 0.312. The summed E-state index contributed by atoms with van der Waals surface area (Å²) in [5.74, 6) is 0.553. The van der Waals surface area contributed by atoms with Crippen molar-refractivity contribution in [2.24, 2.45) is 0 Å². The molecule has 0 fully saturated rings. The van der Waals surface area contributed by atoms with E-state index < -0.39 is 11.9 Å². The van der Waals surface area contributed by atoms with Crippen LogP contribution in [0.2, 0.25) is 0 Å². The number of alkyl halides is 3. The van der Waals surface area contributed by atoms with Gasteiger partial charge in [-0.05, 0) is 30.7 Å². The number of para-hydroxylation sites is 1. The number of halogens is 3. The van der Waals surface area contributed by atoms with Crippen molar-refractivity contribution in [1.29, 1.82) is 0 Å². The summed E-state index contributed by atoms with van der Waals surface area (Å²) in [6.45, 7) is 2.58. The van der Waals surface area contributed by atoms with E-state index in [1.807, 2.05) is 6.92 Å². The Bertz CT molecular complexity index is 596. The predicted octanol–water partition coefficient (Wildman–Crippen LogP) is 4.95. The quantitative estimate of drug-likeness (QED) is 0.728. The maximum absolute atomic E-state index is 12.7. The molecule has 0 radical (unpaired) electrons. The minimum atomic E-state index is -4.45. The Labute approximate surface area is 121 Å². The van der Waals surface area contributed by atoms with Crippen LogP contribution in [0.4, 0.5) is 13.2 Å². The lowest BCUT2D eigenvalue weighted by Gasteiger charge is -2.12. The van der Waals surface area contributed by atoms with Crippen LogP contribution in [-0.2, 0) is 6.18 Å². The predicted molar refractivity (Wildman–Crippen MR) is 75.1 cm³/mol. The van der Waals surface area contributed by atoms with Crippen molar-refractivity contribution in [2.75, 3.05) is 6.61 Å². The summed E-state index contributed by atoms with van der Waals surface area (Å²) in [4.78, 5) is 3.70. The molecule has 0 aliphatic rings. The molecule has 2 rings (SSSR count). The minimum Gasteiger partial charge on any atom is -0.493 e. The largest absolute Gasteiger partial charge is 0.493 e. The number of nitrogens with zero attached hydrogens (tertiary/aromatic N) is 1. The fourth-order valence-corrected chi connectivity index (χ4v) is 1.87. The molecule has 5 heteroatoms. The summed E-state index contributed by atoms with van der Waals surface area (Å²) in [5.41, 5.74) is -0.0695. The number of aromatic nitrogens is 1. The number of rotatable bonds is 5. The maximum Gasteiger partial charge on any atom is 0.433 e. The van der Waals surface area contributed by atoms with E-state index in [0.29, 0.717) is 17.9 Å². The molecule has 0 atom stereocenters. The summed E-state index contributed by atoms with van der Waals surface area (Å²) in [6.07, 6.45) is -2.57. The molecule has 0 aliphatic heterocycles. The Morgan fingerprint density at radius 3 is 2.52 bits per heavy atom. The minimum absolute atomic E-state index is 0.261. The molecule has 0 bridgehead atoms. The second-order valence-electron chi connectivity index (χ2n) is 4.60. The molecule has 0 spiro atoms. The summed E-state index contributed by atoms with van der Waals surface area (Å²) < 4.78 is 43.9. The van der Waals surface area contributed by atoms with Gasteiger partial charge < -0.3 is 4.74 Å². The molecule has 21 heavy (non-hydrogen) atoms. The molecule has 1 aromatic carbocycles. The van der Waals surface area contributed by atoms with Crippen molar-refractivity contribution in [1.82, 2.24) is 4.98 Å². The average Bonchev–Trinajstić information content (AvgIpc) is 2.47. The number of pyridine rings is 1. The molecule has 0 saturated heterocycles. The number of ether oxygens (including phenoxy) is 1. The smallest absolute Gasteiger partial charge is 0.433 e. The molecule has 2 nitrogen and oxygen atoms in total. The van der Waals surface area contributed by atoms with Crippen molar-refractivity contribution >= 4 is 0 Å². The van der Waals surface area contributed by atoms with E-state index in [9.17, 15) is 13.2 Å². The van der Waals surface area contributed by atoms with E-state index in [-0.39, 0.29) is 5.69 Å².